The molecule has 16 heavy (non-hydrogen) atoms. The molecule has 86 valence electrons. The van der Waals surface area contributed by atoms with Crippen LogP contribution in [0.3, 0.4) is 0 Å². The Balaban J connectivity index is 2.92. The first-order valence-corrected chi connectivity index (χ1v) is 6.10. The molecule has 0 aromatic heterocycles. The van der Waals surface area contributed by atoms with Gasteiger partial charge in [-0.3, -0.25) is 0 Å². The second-order valence-corrected chi connectivity index (χ2v) is 4.29. The quantitative estimate of drug-likeness (QED) is 0.814. The Morgan fingerprint density at radius 1 is 1.56 bits per heavy atom. The second kappa shape index (κ2) is 6.67. The van der Waals surface area contributed by atoms with Gasteiger partial charge in [0.2, 0.25) is 0 Å². The summed E-state index contributed by atoms with van der Waals surface area (Å²) >= 11 is 3.28. The number of halogens is 2. The van der Waals surface area contributed by atoms with Gasteiger partial charge in [0.05, 0.1) is 4.47 Å². The van der Waals surface area contributed by atoms with Crippen molar-refractivity contribution in [3.63, 3.8) is 0 Å². The minimum atomic E-state index is -0.235. The summed E-state index contributed by atoms with van der Waals surface area (Å²) in [5.41, 5.74) is 0.928. The van der Waals surface area contributed by atoms with Crippen molar-refractivity contribution >= 4 is 15.9 Å². The molecule has 0 heterocycles. The lowest BCUT2D eigenvalue weighted by Gasteiger charge is -2.18. The van der Waals surface area contributed by atoms with E-state index in [4.69, 9.17) is 6.42 Å². The van der Waals surface area contributed by atoms with Crippen LogP contribution in [0.4, 0.5) is 4.39 Å². The number of rotatable bonds is 5. The molecule has 0 spiro atoms. The summed E-state index contributed by atoms with van der Waals surface area (Å²) in [7, 11) is 0. The first-order valence-electron chi connectivity index (χ1n) is 5.31. The molecule has 1 atom stereocenters. The van der Waals surface area contributed by atoms with Crippen molar-refractivity contribution in [3.8, 4) is 12.3 Å². The van der Waals surface area contributed by atoms with E-state index in [-0.39, 0.29) is 11.9 Å². The van der Waals surface area contributed by atoms with Crippen LogP contribution >= 0.6 is 15.9 Å². The van der Waals surface area contributed by atoms with Crippen LogP contribution in [0, 0.1) is 18.2 Å². The lowest BCUT2D eigenvalue weighted by Crippen LogP contribution is -2.21. The average molecular weight is 284 g/mol. The molecular weight excluding hydrogens is 269 g/mol. The van der Waals surface area contributed by atoms with Crippen molar-refractivity contribution in [2.24, 2.45) is 0 Å². The van der Waals surface area contributed by atoms with E-state index >= 15 is 0 Å². The maximum atomic E-state index is 13.4. The van der Waals surface area contributed by atoms with E-state index in [0.717, 1.165) is 18.5 Å². The minimum absolute atomic E-state index is 0.103. The fourth-order valence-electron chi connectivity index (χ4n) is 1.63. The smallest absolute Gasteiger partial charge is 0.137 e. The van der Waals surface area contributed by atoms with E-state index in [1.54, 1.807) is 6.07 Å². The van der Waals surface area contributed by atoms with E-state index in [2.05, 4.69) is 27.2 Å². The fourth-order valence-corrected chi connectivity index (χ4v) is 2.17. The zero-order valence-electron chi connectivity index (χ0n) is 9.26. The Kier molecular flexibility index (Phi) is 5.51. The van der Waals surface area contributed by atoms with Crippen LogP contribution in [0.25, 0.3) is 0 Å². The minimum Gasteiger partial charge on any atom is -0.310 e. The van der Waals surface area contributed by atoms with Gasteiger partial charge in [-0.2, -0.15) is 0 Å². The van der Waals surface area contributed by atoms with Crippen molar-refractivity contribution in [1.29, 1.82) is 0 Å². The van der Waals surface area contributed by atoms with Crippen molar-refractivity contribution < 1.29 is 4.39 Å². The highest BCUT2D eigenvalue weighted by molar-refractivity contribution is 9.10. The normalized spacial score (nSPS) is 12.1. The molecule has 1 rings (SSSR count). The molecule has 0 amide bonds. The molecule has 0 saturated heterocycles. The Morgan fingerprint density at radius 2 is 2.31 bits per heavy atom. The first kappa shape index (κ1) is 13.2. The van der Waals surface area contributed by atoms with Gasteiger partial charge >= 0.3 is 0 Å². The van der Waals surface area contributed by atoms with E-state index < -0.39 is 0 Å². The van der Waals surface area contributed by atoms with E-state index in [0.29, 0.717) is 10.9 Å². The van der Waals surface area contributed by atoms with Crippen LogP contribution in [0.2, 0.25) is 0 Å². The van der Waals surface area contributed by atoms with Crippen molar-refractivity contribution in [2.75, 3.05) is 6.54 Å². The predicted octanol–water partition coefficient (Wildman–Crippen LogP) is 3.65. The Hall–Kier alpha value is -0.850. The summed E-state index contributed by atoms with van der Waals surface area (Å²) in [6.07, 6.45) is 6.75. The summed E-state index contributed by atoms with van der Waals surface area (Å²) in [4.78, 5) is 0. The topological polar surface area (TPSA) is 12.0 Å². The van der Waals surface area contributed by atoms with Gasteiger partial charge in [0.1, 0.15) is 5.82 Å². The molecule has 0 aliphatic carbocycles. The van der Waals surface area contributed by atoms with E-state index in [1.807, 2.05) is 13.0 Å². The maximum Gasteiger partial charge on any atom is 0.137 e. The van der Waals surface area contributed by atoms with Gasteiger partial charge in [-0.1, -0.05) is 19.1 Å². The molecule has 1 aromatic carbocycles. The van der Waals surface area contributed by atoms with Gasteiger partial charge in [0.25, 0.3) is 0 Å². The molecular formula is C13H15BrFN. The third-order valence-corrected chi connectivity index (χ3v) is 3.22. The van der Waals surface area contributed by atoms with Crippen LogP contribution in [0.15, 0.2) is 22.7 Å². The molecule has 1 aromatic rings. The number of hydrogen-bond acceptors (Lipinski definition) is 1. The molecule has 1 N–H and O–H groups in total. The van der Waals surface area contributed by atoms with Crippen LogP contribution in [-0.2, 0) is 0 Å². The molecule has 0 aliphatic heterocycles. The molecule has 0 saturated carbocycles. The Morgan fingerprint density at radius 3 is 2.94 bits per heavy atom. The summed E-state index contributed by atoms with van der Waals surface area (Å²) in [5, 5.41) is 3.31. The lowest BCUT2D eigenvalue weighted by atomic mass is 10.0. The zero-order chi connectivity index (χ0) is 12.0. The van der Waals surface area contributed by atoms with Gasteiger partial charge in [0.15, 0.2) is 0 Å². The number of terminal acetylenes is 1. The van der Waals surface area contributed by atoms with Crippen molar-refractivity contribution in [1.82, 2.24) is 5.32 Å². The molecule has 0 fully saturated rings. The second-order valence-electron chi connectivity index (χ2n) is 3.50. The van der Waals surface area contributed by atoms with Gasteiger partial charge in [-0.15, -0.1) is 12.3 Å². The number of benzene rings is 1. The van der Waals surface area contributed by atoms with Crippen LogP contribution in [0.1, 0.15) is 31.4 Å². The summed E-state index contributed by atoms with van der Waals surface area (Å²) < 4.78 is 13.9. The molecule has 1 nitrogen and oxygen atoms in total. The van der Waals surface area contributed by atoms with Crippen LogP contribution < -0.4 is 5.32 Å². The van der Waals surface area contributed by atoms with E-state index in [9.17, 15) is 4.39 Å². The summed E-state index contributed by atoms with van der Waals surface area (Å²) in [6, 6.07) is 5.18. The van der Waals surface area contributed by atoms with E-state index in [1.165, 1.54) is 6.07 Å². The average Bonchev–Trinajstić information content (AvgIpc) is 2.28. The maximum absolute atomic E-state index is 13.4. The highest BCUT2D eigenvalue weighted by Crippen LogP contribution is 2.28. The third-order valence-electron chi connectivity index (χ3n) is 2.38. The molecule has 0 radical (unpaired) electrons. The van der Waals surface area contributed by atoms with Crippen LogP contribution in [-0.4, -0.2) is 6.54 Å². The molecule has 1 unspecified atom stereocenters. The SMILES string of the molecule is C#CCCC(NCC)c1cccc(F)c1Br. The molecule has 3 heteroatoms. The fraction of sp³-hybridized carbons (Fsp3) is 0.385. The predicted molar refractivity (Wildman–Crippen MR) is 68.6 cm³/mol. The van der Waals surface area contributed by atoms with Gasteiger partial charge in [-0.25, -0.2) is 4.39 Å². The zero-order valence-corrected chi connectivity index (χ0v) is 10.8. The van der Waals surface area contributed by atoms with Crippen LogP contribution in [0.5, 0.6) is 0 Å². The standard InChI is InChI=1S/C13H15BrFN/c1-3-5-9-12(16-4-2)10-7-6-8-11(15)13(10)14/h1,6-8,12,16H,4-5,9H2,2H3. The largest absolute Gasteiger partial charge is 0.310 e. The summed E-state index contributed by atoms with van der Waals surface area (Å²) in [5.74, 6) is 2.38. The van der Waals surface area contributed by atoms with Gasteiger partial charge in [-0.05, 0) is 40.5 Å². The third kappa shape index (κ3) is 3.33. The number of nitrogens with one attached hydrogen (secondary N) is 1. The Labute approximate surface area is 105 Å². The highest BCUT2D eigenvalue weighted by Gasteiger charge is 2.14. The van der Waals surface area contributed by atoms with Gasteiger partial charge < -0.3 is 5.32 Å². The lowest BCUT2D eigenvalue weighted by molar-refractivity contribution is 0.514. The molecule has 0 bridgehead atoms. The Bertz CT molecular complexity index is 384. The molecule has 0 aliphatic rings. The first-order chi connectivity index (χ1) is 7.70. The summed E-state index contributed by atoms with van der Waals surface area (Å²) in [6.45, 7) is 2.86. The number of hydrogen-bond donors (Lipinski definition) is 1. The highest BCUT2D eigenvalue weighted by atomic mass is 79.9. The van der Waals surface area contributed by atoms with Crippen molar-refractivity contribution in [3.05, 3.63) is 34.1 Å². The van der Waals surface area contributed by atoms with Crippen molar-refractivity contribution in [2.45, 2.75) is 25.8 Å². The monoisotopic (exact) mass is 283 g/mol. The van der Waals surface area contributed by atoms with Gasteiger partial charge in [0, 0.05) is 12.5 Å².